The number of carbonyl (C=O) groups is 2. The number of hydrazine groups is 1. The molecule has 0 radical (unpaired) electrons. The summed E-state index contributed by atoms with van der Waals surface area (Å²) in [6.07, 6.45) is 5.40. The first-order valence-electron chi connectivity index (χ1n) is 8.99. The Balaban J connectivity index is 1.47. The van der Waals surface area contributed by atoms with E-state index in [1.807, 2.05) is 0 Å². The Labute approximate surface area is 151 Å². The van der Waals surface area contributed by atoms with Gasteiger partial charge in [-0.1, -0.05) is 12.1 Å². The fourth-order valence-electron chi connectivity index (χ4n) is 3.21. The second-order valence-corrected chi connectivity index (χ2v) is 6.60. The molecular weight excluding hydrogens is 334 g/mol. The van der Waals surface area contributed by atoms with Crippen molar-refractivity contribution < 1.29 is 14.5 Å². The molecule has 0 spiro atoms. The molecule has 0 aliphatic carbocycles. The summed E-state index contributed by atoms with van der Waals surface area (Å²) in [6, 6.07) is 6.96. The van der Waals surface area contributed by atoms with Gasteiger partial charge in [0.2, 0.25) is 5.91 Å². The second-order valence-electron chi connectivity index (χ2n) is 6.60. The number of hydrogen-bond acceptors (Lipinski definition) is 4. The van der Waals surface area contributed by atoms with Crippen molar-refractivity contribution in [1.82, 2.24) is 20.4 Å². The number of benzene rings is 1. The Kier molecular flexibility index (Phi) is 5.96. The fourth-order valence-corrected chi connectivity index (χ4v) is 3.21. The third-order valence-corrected chi connectivity index (χ3v) is 4.65. The molecule has 26 heavy (non-hydrogen) atoms. The van der Waals surface area contributed by atoms with Crippen LogP contribution in [-0.4, -0.2) is 41.0 Å². The second kappa shape index (κ2) is 8.57. The highest BCUT2D eigenvalue weighted by Gasteiger charge is 2.15. The van der Waals surface area contributed by atoms with Crippen LogP contribution in [0.1, 0.15) is 25.7 Å². The molecule has 0 atom stereocenters. The van der Waals surface area contributed by atoms with E-state index in [9.17, 15) is 14.4 Å². The van der Waals surface area contributed by atoms with Crippen LogP contribution in [0.3, 0.4) is 0 Å². The van der Waals surface area contributed by atoms with Gasteiger partial charge in [-0.3, -0.25) is 29.8 Å². The Morgan fingerprint density at radius 3 is 2.62 bits per heavy atom. The van der Waals surface area contributed by atoms with Crippen LogP contribution in [0, 0.1) is 0 Å². The molecule has 3 N–H and O–H groups in total. The lowest BCUT2D eigenvalue weighted by Crippen LogP contribution is -3.12. The normalized spacial score (nSPS) is 14.9. The predicted molar refractivity (Wildman–Crippen MR) is 96.3 cm³/mol. The maximum atomic E-state index is 12.3. The molecule has 0 unspecified atom stereocenters. The molecule has 2 heterocycles. The zero-order chi connectivity index (χ0) is 18.4. The van der Waals surface area contributed by atoms with Gasteiger partial charge in [0.05, 0.1) is 43.3 Å². The molecule has 0 bridgehead atoms. The first-order chi connectivity index (χ1) is 12.6. The number of quaternary nitrogens is 1. The maximum Gasteiger partial charge on any atom is 0.261 e. The van der Waals surface area contributed by atoms with Crippen LogP contribution in [-0.2, 0) is 16.1 Å². The number of nitrogens with one attached hydrogen (secondary N) is 3. The molecule has 138 valence electrons. The van der Waals surface area contributed by atoms with Gasteiger partial charge < -0.3 is 4.90 Å². The number of fused-ring (bicyclic) bond motifs is 1. The average molecular weight is 358 g/mol. The lowest BCUT2D eigenvalue weighted by atomic mass is 10.1. The monoisotopic (exact) mass is 358 g/mol. The van der Waals surface area contributed by atoms with Crippen molar-refractivity contribution in [3.8, 4) is 0 Å². The van der Waals surface area contributed by atoms with E-state index in [1.54, 1.807) is 24.3 Å². The molecule has 1 fully saturated rings. The van der Waals surface area contributed by atoms with Crippen LogP contribution < -0.4 is 21.3 Å². The zero-order valence-corrected chi connectivity index (χ0v) is 14.7. The maximum absolute atomic E-state index is 12.3. The van der Waals surface area contributed by atoms with Gasteiger partial charge in [0.1, 0.15) is 6.54 Å². The Bertz CT molecular complexity index is 842. The van der Waals surface area contributed by atoms with E-state index in [1.165, 1.54) is 35.1 Å². The lowest BCUT2D eigenvalue weighted by molar-refractivity contribution is -0.904. The predicted octanol–water partition coefficient (Wildman–Crippen LogP) is -0.997. The molecule has 1 saturated heterocycles. The number of aromatic nitrogens is 2. The van der Waals surface area contributed by atoms with Gasteiger partial charge >= 0.3 is 0 Å². The largest absolute Gasteiger partial charge is 0.335 e. The van der Waals surface area contributed by atoms with E-state index in [-0.39, 0.29) is 18.0 Å². The average Bonchev–Trinajstić information content (AvgIpc) is 2.68. The van der Waals surface area contributed by atoms with Crippen molar-refractivity contribution in [2.75, 3.05) is 19.6 Å². The SMILES string of the molecule is O=C(CC[NH+]1CCCCC1)NNC(=O)Cn1cnc2ccccc2c1=O. The summed E-state index contributed by atoms with van der Waals surface area (Å²) in [6.45, 7) is 2.79. The Hall–Kier alpha value is -2.74. The summed E-state index contributed by atoms with van der Waals surface area (Å²) in [5, 5.41) is 0.455. The molecule has 1 aromatic carbocycles. The van der Waals surface area contributed by atoms with Gasteiger partial charge in [-0.15, -0.1) is 0 Å². The number of likely N-dealkylation sites (tertiary alicyclic amines) is 1. The standard InChI is InChI=1S/C18H23N5O3/c24-16(8-11-22-9-4-1-5-10-22)20-21-17(25)12-23-13-19-15-7-3-2-6-14(15)18(23)26/h2-3,6-7,13H,1,4-5,8-12H2,(H,20,24)(H,21,25)/p+1. The molecule has 8 nitrogen and oxygen atoms in total. The van der Waals surface area contributed by atoms with E-state index < -0.39 is 5.91 Å². The topological polar surface area (TPSA) is 97.5 Å². The number of para-hydroxylation sites is 1. The Morgan fingerprint density at radius 1 is 1.08 bits per heavy atom. The minimum atomic E-state index is -0.470. The Morgan fingerprint density at radius 2 is 1.81 bits per heavy atom. The minimum absolute atomic E-state index is 0.200. The third kappa shape index (κ3) is 4.66. The first-order valence-corrected chi connectivity index (χ1v) is 8.99. The summed E-state index contributed by atoms with van der Waals surface area (Å²) in [7, 11) is 0. The number of nitrogens with zero attached hydrogens (tertiary/aromatic N) is 2. The fraction of sp³-hybridized carbons (Fsp3) is 0.444. The number of carbonyl (C=O) groups excluding carboxylic acids is 2. The molecule has 8 heteroatoms. The van der Waals surface area contributed by atoms with E-state index in [4.69, 9.17) is 0 Å². The number of hydrogen-bond donors (Lipinski definition) is 3. The van der Waals surface area contributed by atoms with E-state index in [0.29, 0.717) is 17.3 Å². The summed E-state index contributed by atoms with van der Waals surface area (Å²) in [5.41, 5.74) is 5.07. The lowest BCUT2D eigenvalue weighted by Gasteiger charge is -2.23. The molecule has 1 aliphatic rings. The van der Waals surface area contributed by atoms with Gasteiger partial charge in [-0.2, -0.15) is 0 Å². The minimum Gasteiger partial charge on any atom is -0.335 e. The molecule has 0 saturated carbocycles. The molecule has 1 aromatic heterocycles. The first kappa shape index (κ1) is 18.1. The molecular formula is C18H24N5O3+. The van der Waals surface area contributed by atoms with Crippen molar-refractivity contribution in [2.45, 2.75) is 32.2 Å². The summed E-state index contributed by atoms with van der Waals surface area (Å²) < 4.78 is 1.22. The summed E-state index contributed by atoms with van der Waals surface area (Å²) >= 11 is 0. The van der Waals surface area contributed by atoms with Gasteiger partial charge in [0.25, 0.3) is 11.5 Å². The van der Waals surface area contributed by atoms with Gasteiger partial charge in [0, 0.05) is 0 Å². The van der Waals surface area contributed by atoms with Crippen molar-refractivity contribution in [3.63, 3.8) is 0 Å². The van der Waals surface area contributed by atoms with Crippen molar-refractivity contribution in [2.24, 2.45) is 0 Å². The zero-order valence-electron chi connectivity index (χ0n) is 14.7. The number of amides is 2. The number of piperidine rings is 1. The summed E-state index contributed by atoms with van der Waals surface area (Å²) in [5.74, 6) is -0.691. The van der Waals surface area contributed by atoms with Crippen LogP contribution in [0.4, 0.5) is 0 Å². The molecule has 1 aliphatic heterocycles. The molecule has 2 amide bonds. The van der Waals surface area contributed by atoms with E-state index >= 15 is 0 Å². The van der Waals surface area contributed by atoms with Crippen molar-refractivity contribution in [3.05, 3.63) is 40.9 Å². The van der Waals surface area contributed by atoms with Crippen LogP contribution >= 0.6 is 0 Å². The van der Waals surface area contributed by atoms with E-state index in [0.717, 1.165) is 19.6 Å². The highest BCUT2D eigenvalue weighted by Crippen LogP contribution is 2.04. The highest BCUT2D eigenvalue weighted by atomic mass is 16.2. The van der Waals surface area contributed by atoms with Crippen molar-refractivity contribution in [1.29, 1.82) is 0 Å². The molecule has 3 rings (SSSR count). The van der Waals surface area contributed by atoms with E-state index in [2.05, 4.69) is 15.8 Å². The summed E-state index contributed by atoms with van der Waals surface area (Å²) in [4.78, 5) is 41.8. The third-order valence-electron chi connectivity index (χ3n) is 4.65. The smallest absolute Gasteiger partial charge is 0.261 e. The number of rotatable bonds is 5. The van der Waals surface area contributed by atoms with Gasteiger partial charge in [-0.05, 0) is 31.4 Å². The van der Waals surface area contributed by atoms with Crippen LogP contribution in [0.5, 0.6) is 0 Å². The molecule has 2 aromatic rings. The van der Waals surface area contributed by atoms with Crippen molar-refractivity contribution >= 4 is 22.7 Å². The van der Waals surface area contributed by atoms with Crippen LogP contribution in [0.2, 0.25) is 0 Å². The van der Waals surface area contributed by atoms with Crippen LogP contribution in [0.15, 0.2) is 35.4 Å². The van der Waals surface area contributed by atoms with Gasteiger partial charge in [0.15, 0.2) is 0 Å². The highest BCUT2D eigenvalue weighted by molar-refractivity contribution is 5.82. The van der Waals surface area contributed by atoms with Gasteiger partial charge in [-0.25, -0.2) is 4.98 Å². The van der Waals surface area contributed by atoms with Crippen LogP contribution in [0.25, 0.3) is 10.9 Å². The quantitative estimate of drug-likeness (QED) is 0.598.